The number of hydrogen-bond acceptors (Lipinski definition) is 1. The summed E-state index contributed by atoms with van der Waals surface area (Å²) in [5.74, 6) is 0.771. The lowest BCUT2D eigenvalue weighted by Gasteiger charge is -2.30. The molecule has 1 heteroatoms. The van der Waals surface area contributed by atoms with Crippen molar-refractivity contribution in [1.82, 2.24) is 4.90 Å². The van der Waals surface area contributed by atoms with E-state index in [1.165, 1.54) is 6.54 Å². The Balaban J connectivity index is 3.77. The summed E-state index contributed by atoms with van der Waals surface area (Å²) in [5.41, 5.74) is 0.448. The summed E-state index contributed by atoms with van der Waals surface area (Å²) in [4.78, 5) is 2.37. The molecular weight excluding hydrogens is 134 g/mol. The number of rotatable bonds is 3. The molecule has 11 heavy (non-hydrogen) atoms. The Bertz CT molecular complexity index is 102. The highest BCUT2D eigenvalue weighted by atomic mass is 15.1. The summed E-state index contributed by atoms with van der Waals surface area (Å²) in [5, 5.41) is 0. The van der Waals surface area contributed by atoms with Gasteiger partial charge in [0.15, 0.2) is 0 Å². The lowest BCUT2D eigenvalue weighted by atomic mass is 9.82. The molecule has 0 aromatic rings. The van der Waals surface area contributed by atoms with Crippen LogP contribution in [-0.4, -0.2) is 25.0 Å². The summed E-state index contributed by atoms with van der Waals surface area (Å²) in [7, 11) is 2.18. The van der Waals surface area contributed by atoms with Crippen molar-refractivity contribution in [3.05, 3.63) is 0 Å². The highest BCUT2D eigenvalue weighted by molar-refractivity contribution is 4.71. The Hall–Kier alpha value is -0.0400. The van der Waals surface area contributed by atoms with Crippen molar-refractivity contribution in [3.63, 3.8) is 0 Å². The third kappa shape index (κ3) is 4.41. The van der Waals surface area contributed by atoms with Crippen LogP contribution in [0.5, 0.6) is 0 Å². The molecule has 1 nitrogen and oxygen atoms in total. The summed E-state index contributed by atoms with van der Waals surface area (Å²) in [6, 6.07) is 0. The van der Waals surface area contributed by atoms with Gasteiger partial charge in [0.25, 0.3) is 0 Å². The molecule has 0 aromatic carbocycles. The summed E-state index contributed by atoms with van der Waals surface area (Å²) < 4.78 is 0. The molecule has 0 fully saturated rings. The zero-order valence-corrected chi connectivity index (χ0v) is 8.94. The largest absolute Gasteiger partial charge is 0.306 e. The molecule has 0 aliphatic rings. The first-order valence-corrected chi connectivity index (χ1v) is 4.56. The van der Waals surface area contributed by atoms with Gasteiger partial charge in [-0.1, -0.05) is 34.6 Å². The van der Waals surface area contributed by atoms with E-state index < -0.39 is 0 Å². The minimum absolute atomic E-state index is 0.448. The van der Waals surface area contributed by atoms with E-state index in [0.29, 0.717) is 5.41 Å². The van der Waals surface area contributed by atoms with Gasteiger partial charge < -0.3 is 4.90 Å². The van der Waals surface area contributed by atoms with Crippen molar-refractivity contribution < 1.29 is 0 Å². The van der Waals surface area contributed by atoms with E-state index in [1.807, 2.05) is 0 Å². The van der Waals surface area contributed by atoms with Crippen LogP contribution < -0.4 is 0 Å². The molecule has 0 spiro atoms. The van der Waals surface area contributed by atoms with E-state index in [1.54, 1.807) is 0 Å². The lowest BCUT2D eigenvalue weighted by Crippen LogP contribution is -2.31. The van der Waals surface area contributed by atoms with E-state index >= 15 is 0 Å². The van der Waals surface area contributed by atoms with E-state index in [9.17, 15) is 0 Å². The minimum Gasteiger partial charge on any atom is -0.306 e. The second-order valence-corrected chi connectivity index (χ2v) is 4.62. The molecule has 0 saturated heterocycles. The summed E-state index contributed by atoms with van der Waals surface area (Å²) in [6.45, 7) is 13.8. The fourth-order valence-electron chi connectivity index (χ4n) is 0.870. The molecule has 0 rings (SSSR count). The second-order valence-electron chi connectivity index (χ2n) is 4.62. The van der Waals surface area contributed by atoms with Crippen molar-refractivity contribution >= 4 is 0 Å². The van der Waals surface area contributed by atoms with E-state index in [2.05, 4.69) is 46.6 Å². The fourth-order valence-corrected chi connectivity index (χ4v) is 0.870. The summed E-state index contributed by atoms with van der Waals surface area (Å²) in [6.07, 6.45) is 0. The number of hydrogen-bond donors (Lipinski definition) is 0. The quantitative estimate of drug-likeness (QED) is 0.608. The molecule has 0 bridgehead atoms. The monoisotopic (exact) mass is 157 g/mol. The molecule has 0 aromatic heterocycles. The van der Waals surface area contributed by atoms with Gasteiger partial charge in [-0.15, -0.1) is 0 Å². The maximum atomic E-state index is 2.37. The van der Waals surface area contributed by atoms with Crippen LogP contribution in [0, 0.1) is 11.3 Å². The predicted molar refractivity (Wildman–Crippen MR) is 51.8 cm³/mol. The average molecular weight is 157 g/mol. The Morgan fingerprint density at radius 3 is 2.00 bits per heavy atom. The van der Waals surface area contributed by atoms with Gasteiger partial charge in [0.1, 0.15) is 0 Å². The third-order valence-electron chi connectivity index (χ3n) is 2.60. The minimum atomic E-state index is 0.448. The molecule has 0 radical (unpaired) electrons. The molecule has 0 heterocycles. The van der Waals surface area contributed by atoms with Crippen LogP contribution in [0.3, 0.4) is 0 Å². The van der Waals surface area contributed by atoms with Gasteiger partial charge in [-0.2, -0.15) is 0 Å². The zero-order chi connectivity index (χ0) is 9.07. The molecule has 0 aliphatic heterocycles. The van der Waals surface area contributed by atoms with Crippen molar-refractivity contribution in [2.45, 2.75) is 34.6 Å². The standard InChI is InChI=1S/C10H23N/c1-7-11(6)8-9(2)10(3,4)5/h9H,7-8H2,1-6H3. The van der Waals surface area contributed by atoms with Crippen LogP contribution in [0.1, 0.15) is 34.6 Å². The van der Waals surface area contributed by atoms with E-state index in [4.69, 9.17) is 0 Å². The Labute approximate surface area is 71.8 Å². The van der Waals surface area contributed by atoms with E-state index in [0.717, 1.165) is 12.5 Å². The van der Waals surface area contributed by atoms with Crippen LogP contribution in [0.15, 0.2) is 0 Å². The summed E-state index contributed by atoms with van der Waals surface area (Å²) >= 11 is 0. The van der Waals surface area contributed by atoms with Crippen LogP contribution in [0.2, 0.25) is 0 Å². The highest BCUT2D eigenvalue weighted by Gasteiger charge is 2.20. The van der Waals surface area contributed by atoms with Crippen molar-refractivity contribution in [1.29, 1.82) is 0 Å². The number of nitrogens with zero attached hydrogens (tertiary/aromatic N) is 1. The Morgan fingerprint density at radius 2 is 1.73 bits per heavy atom. The van der Waals surface area contributed by atoms with Crippen LogP contribution >= 0.6 is 0 Å². The smallest absolute Gasteiger partial charge is 0.000885 e. The second kappa shape index (κ2) is 4.10. The van der Waals surface area contributed by atoms with Gasteiger partial charge in [-0.05, 0) is 24.9 Å². The van der Waals surface area contributed by atoms with Gasteiger partial charge in [0, 0.05) is 6.54 Å². The molecule has 0 aliphatic carbocycles. The fraction of sp³-hybridized carbons (Fsp3) is 1.00. The maximum absolute atomic E-state index is 2.37. The molecule has 0 saturated carbocycles. The van der Waals surface area contributed by atoms with Crippen LogP contribution in [-0.2, 0) is 0 Å². The van der Waals surface area contributed by atoms with Crippen molar-refractivity contribution in [3.8, 4) is 0 Å². The first kappa shape index (κ1) is 11.0. The third-order valence-corrected chi connectivity index (χ3v) is 2.60. The first-order valence-electron chi connectivity index (χ1n) is 4.56. The SMILES string of the molecule is CCN(C)CC(C)C(C)(C)C. The Kier molecular flexibility index (Phi) is 4.09. The van der Waals surface area contributed by atoms with Gasteiger partial charge in [0.05, 0.1) is 0 Å². The molecule has 68 valence electrons. The van der Waals surface area contributed by atoms with Gasteiger partial charge >= 0.3 is 0 Å². The van der Waals surface area contributed by atoms with Crippen LogP contribution in [0.25, 0.3) is 0 Å². The average Bonchev–Trinajstić information content (AvgIpc) is 1.85. The Morgan fingerprint density at radius 1 is 1.27 bits per heavy atom. The molecule has 1 unspecified atom stereocenters. The first-order chi connectivity index (χ1) is 4.88. The predicted octanol–water partition coefficient (Wildman–Crippen LogP) is 2.62. The molecular formula is C10H23N. The highest BCUT2D eigenvalue weighted by Crippen LogP contribution is 2.25. The van der Waals surface area contributed by atoms with Gasteiger partial charge in [-0.25, -0.2) is 0 Å². The van der Waals surface area contributed by atoms with Crippen molar-refractivity contribution in [2.75, 3.05) is 20.1 Å². The topological polar surface area (TPSA) is 3.24 Å². The van der Waals surface area contributed by atoms with Crippen molar-refractivity contribution in [2.24, 2.45) is 11.3 Å². The molecule has 0 amide bonds. The zero-order valence-electron chi connectivity index (χ0n) is 8.94. The van der Waals surface area contributed by atoms with Gasteiger partial charge in [-0.3, -0.25) is 0 Å². The van der Waals surface area contributed by atoms with Gasteiger partial charge in [0.2, 0.25) is 0 Å². The normalized spacial score (nSPS) is 15.5. The molecule has 1 atom stereocenters. The molecule has 0 N–H and O–H groups in total. The van der Waals surface area contributed by atoms with E-state index in [-0.39, 0.29) is 0 Å². The maximum Gasteiger partial charge on any atom is 0.000885 e. The lowest BCUT2D eigenvalue weighted by molar-refractivity contribution is 0.188. The van der Waals surface area contributed by atoms with Crippen LogP contribution in [0.4, 0.5) is 0 Å².